The van der Waals surface area contributed by atoms with Crippen molar-refractivity contribution in [2.75, 3.05) is 6.61 Å². The largest absolute Gasteiger partial charge is 0.481 e. The van der Waals surface area contributed by atoms with Gasteiger partial charge in [0.15, 0.2) is 5.60 Å². The first kappa shape index (κ1) is 37.4. The van der Waals surface area contributed by atoms with Crippen LogP contribution in [0.25, 0.3) is 0 Å². The molecule has 0 aromatic heterocycles. The number of carbonyl (C=O) groups is 4. The number of nitrogens with one attached hydrogen (secondary N) is 1. The number of aliphatic carboxylic acids is 2. The molecular weight excluding hydrogens is 550 g/mol. The van der Waals surface area contributed by atoms with Gasteiger partial charge in [-0.3, -0.25) is 9.59 Å². The molecule has 0 bridgehead atoms. The number of allylic oxidation sites excluding steroid dienone is 1. The van der Waals surface area contributed by atoms with E-state index in [2.05, 4.69) is 24.1 Å². The number of aliphatic hydroxyl groups is 1. The highest BCUT2D eigenvalue weighted by atomic mass is 16.5. The molecule has 0 unspecified atom stereocenters. The zero-order chi connectivity index (χ0) is 32.1. The van der Waals surface area contributed by atoms with Crippen molar-refractivity contribution in [1.82, 2.24) is 5.32 Å². The lowest BCUT2D eigenvalue weighted by Gasteiger charge is -2.27. The Kier molecular flexibility index (Phi) is 18.4. The Hall–Kier alpha value is -3.64. The summed E-state index contributed by atoms with van der Waals surface area (Å²) in [5.74, 6) is 1.08. The van der Waals surface area contributed by atoms with Crippen molar-refractivity contribution >= 4 is 23.6 Å². The molecule has 1 amide bonds. The van der Waals surface area contributed by atoms with Gasteiger partial charge in [0.05, 0.1) is 5.92 Å². The van der Waals surface area contributed by atoms with Crippen LogP contribution in [0, 0.1) is 17.8 Å². The minimum atomic E-state index is -2.44. The summed E-state index contributed by atoms with van der Waals surface area (Å²) in [6, 6.07) is 5.34. The number of unbranched alkanes of at least 4 members (excludes halogenated alkanes) is 8. The molecule has 1 aromatic carbocycles. The van der Waals surface area contributed by atoms with Gasteiger partial charge in [0.1, 0.15) is 24.2 Å². The molecule has 238 valence electrons. The third kappa shape index (κ3) is 15.4. The summed E-state index contributed by atoms with van der Waals surface area (Å²) in [4.78, 5) is 48.8. The number of Topliss-reactive ketones (excluding diaryl/α,β-unsaturated/α-hetero) is 1. The molecule has 9 nitrogen and oxygen atoms in total. The van der Waals surface area contributed by atoms with Crippen molar-refractivity contribution < 1.29 is 39.2 Å². The number of benzene rings is 1. The van der Waals surface area contributed by atoms with Crippen LogP contribution in [0.15, 0.2) is 36.4 Å². The topological polar surface area (TPSA) is 150 Å². The molecule has 0 aliphatic heterocycles. The number of hydrogen-bond donors (Lipinski definition) is 4. The summed E-state index contributed by atoms with van der Waals surface area (Å²) in [6.07, 6.45) is 13.7. The zero-order valence-electron chi connectivity index (χ0n) is 25.9. The van der Waals surface area contributed by atoms with Crippen molar-refractivity contribution in [2.45, 2.75) is 116 Å². The third-order valence-corrected chi connectivity index (χ3v) is 7.25. The quantitative estimate of drug-likeness (QED) is 0.0734. The highest BCUT2D eigenvalue weighted by Crippen LogP contribution is 2.22. The van der Waals surface area contributed by atoms with E-state index in [9.17, 15) is 34.5 Å². The fourth-order valence-electron chi connectivity index (χ4n) is 4.49. The summed E-state index contributed by atoms with van der Waals surface area (Å²) in [7, 11) is 0. The molecule has 9 heteroatoms. The molecule has 1 rings (SSSR count). The van der Waals surface area contributed by atoms with E-state index in [-0.39, 0.29) is 13.0 Å². The van der Waals surface area contributed by atoms with Crippen LogP contribution in [0.5, 0.6) is 5.75 Å². The maximum Gasteiger partial charge on any atom is 0.336 e. The highest BCUT2D eigenvalue weighted by Gasteiger charge is 2.43. The number of ether oxygens (including phenoxy) is 1. The van der Waals surface area contributed by atoms with Gasteiger partial charge in [0, 0.05) is 19.3 Å². The average Bonchev–Trinajstić information content (AvgIpc) is 2.96. The third-order valence-electron chi connectivity index (χ3n) is 7.25. The number of hydrogen-bond acceptors (Lipinski definition) is 6. The predicted molar refractivity (Wildman–Crippen MR) is 166 cm³/mol. The molecule has 4 N–H and O–H groups in total. The van der Waals surface area contributed by atoms with Crippen LogP contribution in [-0.4, -0.2) is 57.2 Å². The molecule has 0 spiro atoms. The number of carboxylic acids is 2. The van der Waals surface area contributed by atoms with Gasteiger partial charge >= 0.3 is 11.9 Å². The van der Waals surface area contributed by atoms with Gasteiger partial charge in [-0.15, -0.1) is 5.92 Å². The molecule has 3 atom stereocenters. The van der Waals surface area contributed by atoms with Gasteiger partial charge in [0.2, 0.25) is 5.91 Å². The normalized spacial score (nSPS) is 13.8. The summed E-state index contributed by atoms with van der Waals surface area (Å²) < 4.78 is 5.45. The van der Waals surface area contributed by atoms with Crippen LogP contribution in [-0.2, 0) is 25.6 Å². The maximum atomic E-state index is 13.1. The van der Waals surface area contributed by atoms with Gasteiger partial charge in [-0.05, 0) is 57.2 Å². The maximum absolute atomic E-state index is 13.1. The van der Waals surface area contributed by atoms with Crippen molar-refractivity contribution in [3.8, 4) is 17.6 Å². The van der Waals surface area contributed by atoms with Gasteiger partial charge in [-0.1, -0.05) is 75.7 Å². The number of carboxylic acid groups (broad SMARTS) is 2. The molecule has 0 radical (unpaired) electrons. The van der Waals surface area contributed by atoms with Gasteiger partial charge < -0.3 is 25.4 Å². The Balaban J connectivity index is 2.64. The Morgan fingerprint density at radius 3 is 2.12 bits per heavy atom. The molecule has 0 aliphatic carbocycles. The number of amides is 1. The molecule has 0 saturated heterocycles. The number of rotatable bonds is 23. The smallest absolute Gasteiger partial charge is 0.336 e. The monoisotopic (exact) mass is 599 g/mol. The van der Waals surface area contributed by atoms with Crippen molar-refractivity contribution in [2.24, 2.45) is 5.92 Å². The Morgan fingerprint density at radius 1 is 0.953 bits per heavy atom. The molecule has 0 aliphatic rings. The minimum Gasteiger partial charge on any atom is -0.481 e. The van der Waals surface area contributed by atoms with Crippen LogP contribution >= 0.6 is 0 Å². The molecular formula is C34H49NO8. The molecule has 1 aromatic rings. The lowest BCUT2D eigenvalue weighted by molar-refractivity contribution is -0.164. The zero-order valence-corrected chi connectivity index (χ0v) is 25.9. The molecule has 0 fully saturated rings. The first-order chi connectivity index (χ1) is 20.5. The standard InChI is InChI=1S/C34H49NO8/c1-4-6-8-11-14-17-27(36)18-15-12-9-10-13-16-19-29(34(3,42)33(40)41)31(37)35-30(32(38)39)25-26-20-22-28(23-21-26)43-24-7-5-2/h16,19-23,29-30,42H,4,6,8-15,17-18,24-25H2,1-3H3,(H,35,37)(H,38,39)(H,40,41)/t29-,30+,34+/m1/s1. The van der Waals surface area contributed by atoms with Crippen LogP contribution in [0.2, 0.25) is 0 Å². The second-order valence-electron chi connectivity index (χ2n) is 11.0. The van der Waals surface area contributed by atoms with E-state index in [4.69, 9.17) is 4.74 Å². The highest BCUT2D eigenvalue weighted by molar-refractivity contribution is 5.92. The van der Waals surface area contributed by atoms with E-state index < -0.39 is 35.4 Å². The number of carbonyl (C=O) groups excluding carboxylic acids is 2. The summed E-state index contributed by atoms with van der Waals surface area (Å²) in [6.45, 7) is 5.11. The second kappa shape index (κ2) is 21.1. The lowest BCUT2D eigenvalue weighted by Crippen LogP contribution is -2.53. The molecule has 43 heavy (non-hydrogen) atoms. The molecule has 0 heterocycles. The summed E-state index contributed by atoms with van der Waals surface area (Å²) in [5.41, 5.74) is -1.83. The van der Waals surface area contributed by atoms with Crippen molar-refractivity contribution in [3.63, 3.8) is 0 Å². The minimum absolute atomic E-state index is 0.0525. The Morgan fingerprint density at radius 2 is 1.56 bits per heavy atom. The van der Waals surface area contributed by atoms with E-state index in [0.717, 1.165) is 45.4 Å². The first-order valence-corrected chi connectivity index (χ1v) is 15.3. The van der Waals surface area contributed by atoms with E-state index >= 15 is 0 Å². The SMILES string of the molecule is CC#CCOc1ccc(C[C@H](NC(=O)[C@@H](C=CCCCCCCC(=O)CCCCCCC)[C@](C)(O)C(=O)O)C(=O)O)cc1. The van der Waals surface area contributed by atoms with E-state index in [1.807, 2.05) is 0 Å². The fraction of sp³-hybridized carbons (Fsp3) is 0.588. The van der Waals surface area contributed by atoms with E-state index in [0.29, 0.717) is 36.4 Å². The van der Waals surface area contributed by atoms with Crippen LogP contribution in [0.1, 0.15) is 103 Å². The summed E-state index contributed by atoms with van der Waals surface area (Å²) >= 11 is 0. The number of ketones is 1. The fourth-order valence-corrected chi connectivity index (χ4v) is 4.49. The Labute approximate surface area is 256 Å². The van der Waals surface area contributed by atoms with Crippen LogP contribution < -0.4 is 10.1 Å². The average molecular weight is 600 g/mol. The van der Waals surface area contributed by atoms with E-state index in [1.165, 1.54) is 25.3 Å². The molecule has 0 saturated carbocycles. The van der Waals surface area contributed by atoms with Gasteiger partial charge in [-0.2, -0.15) is 0 Å². The van der Waals surface area contributed by atoms with Crippen molar-refractivity contribution in [1.29, 1.82) is 0 Å². The summed E-state index contributed by atoms with van der Waals surface area (Å²) in [5, 5.41) is 32.3. The van der Waals surface area contributed by atoms with Gasteiger partial charge in [0.25, 0.3) is 0 Å². The predicted octanol–water partition coefficient (Wildman–Crippen LogP) is 5.48. The van der Waals surface area contributed by atoms with Crippen LogP contribution in [0.3, 0.4) is 0 Å². The van der Waals surface area contributed by atoms with E-state index in [1.54, 1.807) is 37.3 Å². The second-order valence-corrected chi connectivity index (χ2v) is 11.0. The van der Waals surface area contributed by atoms with Crippen LogP contribution in [0.4, 0.5) is 0 Å². The van der Waals surface area contributed by atoms with Gasteiger partial charge in [-0.25, -0.2) is 9.59 Å². The Bertz CT molecular complexity index is 1100. The van der Waals surface area contributed by atoms with Crippen molar-refractivity contribution in [3.05, 3.63) is 42.0 Å². The lowest BCUT2D eigenvalue weighted by atomic mass is 9.87. The first-order valence-electron chi connectivity index (χ1n) is 15.3.